The number of carboxylic acid groups (broad SMARTS) is 1. The predicted octanol–water partition coefficient (Wildman–Crippen LogP) is 1.59. The molecule has 1 rings (SSSR count). The Hall–Kier alpha value is -1.88. The first-order valence-electron chi connectivity index (χ1n) is 5.97. The van der Waals surface area contributed by atoms with Crippen LogP contribution in [0.5, 0.6) is 5.75 Å². The van der Waals surface area contributed by atoms with Crippen LogP contribution in [-0.4, -0.2) is 48.5 Å². The normalized spacial score (nSPS) is 12.3. The molecule has 1 N–H and O–H groups in total. The quantitative estimate of drug-likeness (QED) is 0.791. The largest absolute Gasteiger partial charge is 0.496 e. The van der Waals surface area contributed by atoms with Crippen molar-refractivity contribution in [2.75, 3.05) is 20.7 Å². The van der Waals surface area contributed by atoms with Gasteiger partial charge in [0.1, 0.15) is 5.75 Å². The van der Waals surface area contributed by atoms with E-state index in [0.717, 1.165) is 5.56 Å². The van der Waals surface area contributed by atoms with Crippen LogP contribution in [-0.2, 0) is 4.79 Å². The van der Waals surface area contributed by atoms with Gasteiger partial charge in [0.25, 0.3) is 0 Å². The molecule has 0 bridgehead atoms. The fourth-order valence-electron chi connectivity index (χ4n) is 1.79. The number of likely N-dealkylation sites (N-methyl/N-ethyl adjacent to an activating group) is 1. The Morgan fingerprint density at radius 1 is 1.42 bits per heavy atom. The number of aryl methyl sites for hydroxylation is 1. The zero-order valence-electron chi connectivity index (χ0n) is 11.6. The van der Waals surface area contributed by atoms with Crippen LogP contribution < -0.4 is 4.74 Å². The Labute approximate surface area is 112 Å². The Morgan fingerprint density at radius 3 is 2.58 bits per heavy atom. The van der Waals surface area contributed by atoms with Gasteiger partial charge in [0.2, 0.25) is 0 Å². The number of hydrogen-bond donors (Lipinski definition) is 1. The highest BCUT2D eigenvalue weighted by molar-refractivity contribution is 6.02. The summed E-state index contributed by atoms with van der Waals surface area (Å²) in [6.45, 7) is 3.40. The van der Waals surface area contributed by atoms with Crippen molar-refractivity contribution >= 4 is 11.8 Å². The molecule has 5 nitrogen and oxygen atoms in total. The summed E-state index contributed by atoms with van der Waals surface area (Å²) in [5.74, 6) is -0.603. The van der Waals surface area contributed by atoms with Crippen molar-refractivity contribution in [1.29, 1.82) is 0 Å². The summed E-state index contributed by atoms with van der Waals surface area (Å²) in [5, 5.41) is 8.75. The smallest absolute Gasteiger partial charge is 0.317 e. The molecule has 0 aliphatic carbocycles. The molecular weight excluding hydrogens is 246 g/mol. The maximum absolute atomic E-state index is 12.4. The summed E-state index contributed by atoms with van der Waals surface area (Å²) >= 11 is 0. The Kier molecular flexibility index (Phi) is 5.06. The van der Waals surface area contributed by atoms with Crippen LogP contribution >= 0.6 is 0 Å². The molecule has 1 atom stereocenters. The van der Waals surface area contributed by atoms with E-state index < -0.39 is 12.0 Å². The van der Waals surface area contributed by atoms with Gasteiger partial charge in [0.05, 0.1) is 25.3 Å². The van der Waals surface area contributed by atoms with Crippen molar-refractivity contribution in [3.63, 3.8) is 0 Å². The highest BCUT2D eigenvalue weighted by Gasteiger charge is 2.23. The van der Waals surface area contributed by atoms with E-state index in [1.165, 1.54) is 12.0 Å². The Balaban J connectivity index is 2.99. The lowest BCUT2D eigenvalue weighted by molar-refractivity contribution is -0.138. The van der Waals surface area contributed by atoms with Crippen LogP contribution in [0.2, 0.25) is 0 Å². The molecule has 0 fully saturated rings. The third-order valence-corrected chi connectivity index (χ3v) is 3.05. The van der Waals surface area contributed by atoms with Gasteiger partial charge in [0.15, 0.2) is 5.78 Å². The first-order chi connectivity index (χ1) is 8.86. The average Bonchev–Trinajstić information content (AvgIpc) is 2.36. The van der Waals surface area contributed by atoms with Gasteiger partial charge in [-0.3, -0.25) is 14.5 Å². The molecule has 0 amide bonds. The lowest BCUT2D eigenvalue weighted by Crippen LogP contribution is -2.39. The van der Waals surface area contributed by atoms with E-state index in [9.17, 15) is 9.59 Å². The molecule has 19 heavy (non-hydrogen) atoms. The third kappa shape index (κ3) is 3.79. The predicted molar refractivity (Wildman–Crippen MR) is 71.8 cm³/mol. The van der Waals surface area contributed by atoms with Crippen molar-refractivity contribution < 1.29 is 19.4 Å². The summed E-state index contributed by atoms with van der Waals surface area (Å²) in [6, 6.07) is 4.84. The second kappa shape index (κ2) is 6.33. The fraction of sp³-hybridized carbons (Fsp3) is 0.429. The monoisotopic (exact) mass is 265 g/mol. The highest BCUT2D eigenvalue weighted by Crippen LogP contribution is 2.22. The van der Waals surface area contributed by atoms with Gasteiger partial charge in [0, 0.05) is 0 Å². The number of benzene rings is 1. The molecule has 1 aromatic rings. The maximum Gasteiger partial charge on any atom is 0.317 e. The zero-order valence-corrected chi connectivity index (χ0v) is 11.6. The highest BCUT2D eigenvalue weighted by atomic mass is 16.5. The van der Waals surface area contributed by atoms with E-state index >= 15 is 0 Å². The van der Waals surface area contributed by atoms with Crippen LogP contribution in [0.1, 0.15) is 22.8 Å². The zero-order chi connectivity index (χ0) is 14.6. The van der Waals surface area contributed by atoms with E-state index in [2.05, 4.69) is 0 Å². The summed E-state index contributed by atoms with van der Waals surface area (Å²) in [7, 11) is 3.12. The molecule has 0 radical (unpaired) electrons. The van der Waals surface area contributed by atoms with Crippen LogP contribution in [0.15, 0.2) is 18.2 Å². The van der Waals surface area contributed by atoms with E-state index in [-0.39, 0.29) is 12.3 Å². The topological polar surface area (TPSA) is 66.8 Å². The van der Waals surface area contributed by atoms with E-state index in [4.69, 9.17) is 9.84 Å². The first-order valence-corrected chi connectivity index (χ1v) is 5.97. The lowest BCUT2D eigenvalue weighted by Gasteiger charge is -2.22. The number of carbonyl (C=O) groups is 2. The number of hydrogen-bond acceptors (Lipinski definition) is 4. The van der Waals surface area contributed by atoms with Gasteiger partial charge in [-0.1, -0.05) is 11.6 Å². The second-order valence-electron chi connectivity index (χ2n) is 4.55. The van der Waals surface area contributed by atoms with Crippen molar-refractivity contribution in [2.24, 2.45) is 0 Å². The van der Waals surface area contributed by atoms with Gasteiger partial charge in [-0.25, -0.2) is 0 Å². The average molecular weight is 265 g/mol. The SMILES string of the molecule is COc1ccc(C)cc1C(=O)C(C)N(C)CC(=O)O. The van der Waals surface area contributed by atoms with E-state index in [0.29, 0.717) is 11.3 Å². The van der Waals surface area contributed by atoms with Gasteiger partial charge in [-0.2, -0.15) is 0 Å². The van der Waals surface area contributed by atoms with Crippen molar-refractivity contribution in [3.05, 3.63) is 29.3 Å². The molecule has 1 unspecified atom stereocenters. The molecule has 0 saturated heterocycles. The number of ether oxygens (including phenoxy) is 1. The van der Waals surface area contributed by atoms with Gasteiger partial charge < -0.3 is 9.84 Å². The minimum atomic E-state index is -0.960. The van der Waals surface area contributed by atoms with E-state index in [1.54, 1.807) is 26.1 Å². The van der Waals surface area contributed by atoms with Crippen molar-refractivity contribution in [3.8, 4) is 5.75 Å². The molecule has 0 heterocycles. The second-order valence-corrected chi connectivity index (χ2v) is 4.55. The number of carbonyl (C=O) groups excluding carboxylic acids is 1. The summed E-state index contributed by atoms with van der Waals surface area (Å²) in [4.78, 5) is 24.6. The Bertz CT molecular complexity index is 484. The standard InChI is InChI=1S/C14H19NO4/c1-9-5-6-12(19-4)11(7-9)14(18)10(2)15(3)8-13(16)17/h5-7,10H,8H2,1-4H3,(H,16,17). The molecular formula is C14H19NO4. The van der Waals surface area contributed by atoms with Crippen LogP contribution in [0.25, 0.3) is 0 Å². The number of Topliss-reactive ketones (excluding diaryl/α,β-unsaturated/α-hetero) is 1. The molecule has 104 valence electrons. The fourth-order valence-corrected chi connectivity index (χ4v) is 1.79. The number of nitrogens with zero attached hydrogens (tertiary/aromatic N) is 1. The maximum atomic E-state index is 12.4. The Morgan fingerprint density at radius 2 is 2.05 bits per heavy atom. The van der Waals surface area contributed by atoms with Crippen LogP contribution in [0.4, 0.5) is 0 Å². The van der Waals surface area contributed by atoms with E-state index in [1.807, 2.05) is 13.0 Å². The first kappa shape index (κ1) is 15.2. The van der Waals surface area contributed by atoms with Crippen molar-refractivity contribution in [2.45, 2.75) is 19.9 Å². The van der Waals surface area contributed by atoms with Gasteiger partial charge >= 0.3 is 5.97 Å². The van der Waals surface area contributed by atoms with Gasteiger partial charge in [-0.05, 0) is 33.0 Å². The molecule has 1 aromatic carbocycles. The minimum Gasteiger partial charge on any atom is -0.496 e. The minimum absolute atomic E-state index is 0.149. The van der Waals surface area contributed by atoms with Crippen LogP contribution in [0.3, 0.4) is 0 Å². The summed E-state index contributed by atoms with van der Waals surface area (Å²) < 4.78 is 5.18. The number of carboxylic acids is 1. The molecule has 0 spiro atoms. The number of rotatable bonds is 6. The van der Waals surface area contributed by atoms with Crippen molar-refractivity contribution in [1.82, 2.24) is 4.90 Å². The molecule has 0 aliphatic heterocycles. The summed E-state index contributed by atoms with van der Waals surface area (Å²) in [5.41, 5.74) is 1.43. The number of aliphatic carboxylic acids is 1. The molecule has 0 aliphatic rings. The number of ketones is 1. The number of methoxy groups -OCH3 is 1. The third-order valence-electron chi connectivity index (χ3n) is 3.05. The molecule has 5 heteroatoms. The van der Waals surface area contributed by atoms with Crippen LogP contribution in [0, 0.1) is 6.92 Å². The molecule has 0 aromatic heterocycles. The molecule has 0 saturated carbocycles. The lowest BCUT2D eigenvalue weighted by atomic mass is 10.0. The van der Waals surface area contributed by atoms with Gasteiger partial charge in [-0.15, -0.1) is 0 Å². The summed E-state index contributed by atoms with van der Waals surface area (Å²) in [6.07, 6.45) is 0.